The molecular formula is C33H41IN8O. The standard InChI is InChI=1S/C33H41IN8O/c1-21(2)42(22(3)4)23(5)26-15-25(34)7-9-27(26)37-30-16-35-20-36-31(30)41-13-11-33(19-41)10-12-40(18-33)17-24-6-8-28-29(14-24)39-32(43)38-28/h6-9,14-16,20-22,37H,5,10-13,17-19H2,1-4H3,(H2,38,39,43). The molecule has 0 saturated carbocycles. The van der Waals surface area contributed by atoms with Crippen molar-refractivity contribution in [2.75, 3.05) is 36.4 Å². The zero-order valence-electron chi connectivity index (χ0n) is 25.5. The Morgan fingerprint density at radius 3 is 2.60 bits per heavy atom. The van der Waals surface area contributed by atoms with Crippen LogP contribution in [0.25, 0.3) is 16.7 Å². The molecule has 226 valence electrons. The highest BCUT2D eigenvalue weighted by Crippen LogP contribution is 2.43. The van der Waals surface area contributed by atoms with Crippen molar-refractivity contribution < 1.29 is 0 Å². The minimum atomic E-state index is -0.159. The van der Waals surface area contributed by atoms with Crippen molar-refractivity contribution >= 4 is 56.5 Å². The number of nitrogens with one attached hydrogen (secondary N) is 3. The second-order valence-corrected chi connectivity index (χ2v) is 14.0. The maximum Gasteiger partial charge on any atom is 0.323 e. The number of imidazole rings is 1. The maximum absolute atomic E-state index is 11.7. The molecule has 2 saturated heterocycles. The number of anilines is 3. The third-order valence-corrected chi connectivity index (χ3v) is 9.59. The van der Waals surface area contributed by atoms with Crippen LogP contribution in [0.2, 0.25) is 0 Å². The van der Waals surface area contributed by atoms with Gasteiger partial charge in [-0.15, -0.1) is 0 Å². The van der Waals surface area contributed by atoms with E-state index < -0.39 is 0 Å². The first-order chi connectivity index (χ1) is 20.6. The molecule has 6 rings (SSSR count). The van der Waals surface area contributed by atoms with Crippen molar-refractivity contribution in [1.29, 1.82) is 0 Å². The van der Waals surface area contributed by atoms with Crippen LogP contribution >= 0.6 is 22.6 Å². The number of hydrogen-bond donors (Lipinski definition) is 3. The molecular weight excluding hydrogens is 651 g/mol. The van der Waals surface area contributed by atoms with Crippen molar-refractivity contribution in [3.05, 3.63) is 80.7 Å². The Kier molecular flexibility index (Phi) is 8.25. The van der Waals surface area contributed by atoms with E-state index in [-0.39, 0.29) is 11.1 Å². The Morgan fingerprint density at radius 1 is 1.05 bits per heavy atom. The molecule has 2 aromatic heterocycles. The average molecular weight is 693 g/mol. The number of rotatable bonds is 9. The second-order valence-electron chi connectivity index (χ2n) is 12.7. The summed E-state index contributed by atoms with van der Waals surface area (Å²) in [6.45, 7) is 18.3. The number of likely N-dealkylation sites (tertiary alicyclic amines) is 1. The van der Waals surface area contributed by atoms with Crippen LogP contribution in [0.4, 0.5) is 17.2 Å². The molecule has 4 heterocycles. The monoisotopic (exact) mass is 692 g/mol. The fourth-order valence-electron chi connectivity index (χ4n) is 7.08. The van der Waals surface area contributed by atoms with Gasteiger partial charge in [-0.25, -0.2) is 14.8 Å². The molecule has 2 aromatic carbocycles. The molecule has 0 radical (unpaired) electrons. The highest BCUT2D eigenvalue weighted by Gasteiger charge is 2.44. The summed E-state index contributed by atoms with van der Waals surface area (Å²) in [6, 6.07) is 13.3. The number of nitrogens with zero attached hydrogens (tertiary/aromatic N) is 5. The first-order valence-corrected chi connectivity index (χ1v) is 16.2. The SMILES string of the molecule is C=C(c1cc(I)ccc1Nc1cncnc1N1CCC2(CCN(Cc3ccc4[nH]c(=O)[nH]c4c3)C2)C1)N(C(C)C)C(C)C. The second kappa shape index (κ2) is 12.0. The summed E-state index contributed by atoms with van der Waals surface area (Å²) in [5, 5.41) is 3.70. The summed E-state index contributed by atoms with van der Waals surface area (Å²) >= 11 is 2.37. The van der Waals surface area contributed by atoms with Gasteiger partial charge in [0.2, 0.25) is 0 Å². The molecule has 1 atom stereocenters. The van der Waals surface area contributed by atoms with E-state index in [1.54, 1.807) is 6.33 Å². The smallest absolute Gasteiger partial charge is 0.323 e. The van der Waals surface area contributed by atoms with E-state index in [0.717, 1.165) is 78.6 Å². The Hall–Kier alpha value is -3.38. The van der Waals surface area contributed by atoms with Gasteiger partial charge < -0.3 is 25.1 Å². The summed E-state index contributed by atoms with van der Waals surface area (Å²) < 4.78 is 1.17. The normalized spacial score (nSPS) is 18.9. The van der Waals surface area contributed by atoms with Crippen LogP contribution in [0.3, 0.4) is 0 Å². The van der Waals surface area contributed by atoms with Gasteiger partial charge in [0.05, 0.1) is 17.2 Å². The first kappa shape index (κ1) is 29.7. The minimum absolute atomic E-state index is 0.159. The van der Waals surface area contributed by atoms with Crippen LogP contribution in [0.1, 0.15) is 51.7 Å². The van der Waals surface area contributed by atoms with Gasteiger partial charge in [0.15, 0.2) is 5.82 Å². The van der Waals surface area contributed by atoms with E-state index in [4.69, 9.17) is 4.98 Å². The van der Waals surface area contributed by atoms with Gasteiger partial charge in [-0.2, -0.15) is 0 Å². The van der Waals surface area contributed by atoms with Crippen LogP contribution < -0.4 is 15.9 Å². The zero-order valence-corrected chi connectivity index (χ0v) is 27.6. The molecule has 9 nitrogen and oxygen atoms in total. The molecule has 10 heteroatoms. The van der Waals surface area contributed by atoms with Crippen LogP contribution in [0.5, 0.6) is 0 Å². The lowest BCUT2D eigenvalue weighted by molar-refractivity contribution is 0.270. The Labute approximate surface area is 266 Å². The van der Waals surface area contributed by atoms with E-state index in [1.165, 1.54) is 15.6 Å². The molecule has 43 heavy (non-hydrogen) atoms. The topological polar surface area (TPSA) is 96.2 Å². The predicted octanol–water partition coefficient (Wildman–Crippen LogP) is 6.19. The summed E-state index contributed by atoms with van der Waals surface area (Å²) in [7, 11) is 0. The molecule has 2 fully saturated rings. The van der Waals surface area contributed by atoms with Gasteiger partial charge in [-0.3, -0.25) is 4.90 Å². The third-order valence-electron chi connectivity index (χ3n) is 8.92. The van der Waals surface area contributed by atoms with Crippen LogP contribution in [-0.2, 0) is 6.54 Å². The Balaban J connectivity index is 1.18. The lowest BCUT2D eigenvalue weighted by Crippen LogP contribution is -2.35. The fraction of sp³-hybridized carbons (Fsp3) is 0.424. The molecule has 0 amide bonds. The predicted molar refractivity (Wildman–Crippen MR) is 184 cm³/mol. The number of aromatic nitrogens is 4. The lowest BCUT2D eigenvalue weighted by atomic mass is 9.86. The van der Waals surface area contributed by atoms with Crippen LogP contribution in [-0.4, -0.2) is 68.0 Å². The molecule has 4 aromatic rings. The molecule has 0 bridgehead atoms. The van der Waals surface area contributed by atoms with Gasteiger partial charge in [0.25, 0.3) is 0 Å². The van der Waals surface area contributed by atoms with E-state index >= 15 is 0 Å². The highest BCUT2D eigenvalue weighted by atomic mass is 127. The van der Waals surface area contributed by atoms with E-state index in [2.05, 4.69) is 122 Å². The van der Waals surface area contributed by atoms with Crippen LogP contribution in [0, 0.1) is 8.99 Å². The largest absolute Gasteiger partial charge is 0.367 e. The third kappa shape index (κ3) is 6.17. The van der Waals surface area contributed by atoms with Crippen LogP contribution in [0.15, 0.2) is 60.3 Å². The summed E-state index contributed by atoms with van der Waals surface area (Å²) in [6.07, 6.45) is 5.85. The highest BCUT2D eigenvalue weighted by molar-refractivity contribution is 14.1. The lowest BCUT2D eigenvalue weighted by Gasteiger charge is -2.35. The quantitative estimate of drug-likeness (QED) is 0.180. The fourth-order valence-corrected chi connectivity index (χ4v) is 7.57. The minimum Gasteiger partial charge on any atom is -0.367 e. The van der Waals surface area contributed by atoms with E-state index in [1.807, 2.05) is 12.3 Å². The van der Waals surface area contributed by atoms with Gasteiger partial charge >= 0.3 is 5.69 Å². The number of hydrogen-bond acceptors (Lipinski definition) is 7. The van der Waals surface area contributed by atoms with Gasteiger partial charge in [0, 0.05) is 64.2 Å². The first-order valence-electron chi connectivity index (χ1n) is 15.1. The number of fused-ring (bicyclic) bond motifs is 1. The number of H-pyrrole nitrogens is 2. The summed E-state index contributed by atoms with van der Waals surface area (Å²) in [4.78, 5) is 33.9. The van der Waals surface area contributed by atoms with E-state index in [0.29, 0.717) is 12.1 Å². The molecule has 1 spiro atoms. The van der Waals surface area contributed by atoms with Gasteiger partial charge in [-0.05, 0) is 106 Å². The molecule has 2 aliphatic rings. The van der Waals surface area contributed by atoms with E-state index in [9.17, 15) is 4.79 Å². The van der Waals surface area contributed by atoms with Gasteiger partial charge in [0.1, 0.15) is 12.0 Å². The Morgan fingerprint density at radius 2 is 1.81 bits per heavy atom. The zero-order chi connectivity index (χ0) is 30.3. The van der Waals surface area contributed by atoms with Crippen molar-refractivity contribution in [1.82, 2.24) is 29.7 Å². The summed E-state index contributed by atoms with van der Waals surface area (Å²) in [5.41, 5.74) is 7.06. The van der Waals surface area contributed by atoms with Crippen molar-refractivity contribution in [2.24, 2.45) is 5.41 Å². The number of benzene rings is 2. The maximum atomic E-state index is 11.7. The molecule has 2 aliphatic heterocycles. The molecule has 0 aliphatic carbocycles. The molecule has 1 unspecified atom stereocenters. The Bertz CT molecular complexity index is 1690. The summed E-state index contributed by atoms with van der Waals surface area (Å²) in [5.74, 6) is 0.951. The van der Waals surface area contributed by atoms with Crippen molar-refractivity contribution in [3.63, 3.8) is 0 Å². The number of halogens is 1. The van der Waals surface area contributed by atoms with Crippen molar-refractivity contribution in [2.45, 2.75) is 59.2 Å². The van der Waals surface area contributed by atoms with Crippen molar-refractivity contribution in [3.8, 4) is 0 Å². The number of aromatic amines is 2. The average Bonchev–Trinajstić information content (AvgIpc) is 3.67. The van der Waals surface area contributed by atoms with Gasteiger partial charge in [-0.1, -0.05) is 12.6 Å². The molecule has 3 N–H and O–H groups in total.